The summed E-state index contributed by atoms with van der Waals surface area (Å²) in [6.45, 7) is 4.57. The quantitative estimate of drug-likeness (QED) is 0.778. The molecular weight excluding hydrogens is 352 g/mol. The summed E-state index contributed by atoms with van der Waals surface area (Å²) in [5, 5.41) is 2.69. The molecule has 0 unspecified atom stereocenters. The molecule has 3 rings (SSSR count). The van der Waals surface area contributed by atoms with Crippen LogP contribution < -0.4 is 19.5 Å². The summed E-state index contributed by atoms with van der Waals surface area (Å²) in [5.74, 6) is 0.196. The second-order valence-corrected chi connectivity index (χ2v) is 5.68. The fourth-order valence-electron chi connectivity index (χ4n) is 2.44. The van der Waals surface area contributed by atoms with Crippen LogP contribution in [0.4, 0.5) is 5.69 Å². The standard InChI is InChI=1S/C19H20N2O6/c1-3-24-18-14(5-4-8-20-18)19(23)27-12(2)17(22)21-13-6-7-15-16(11-13)26-10-9-25-15/h4-8,11-12H,3,9-10H2,1-2H3,(H,21,22)/t12-/m1/s1. The molecule has 8 heteroatoms. The second-order valence-electron chi connectivity index (χ2n) is 5.68. The predicted octanol–water partition coefficient (Wildman–Crippen LogP) is 2.44. The molecule has 8 nitrogen and oxygen atoms in total. The number of carbonyl (C=O) groups is 2. The third-order valence-corrected chi connectivity index (χ3v) is 3.73. The first-order valence-corrected chi connectivity index (χ1v) is 8.57. The van der Waals surface area contributed by atoms with E-state index in [4.69, 9.17) is 18.9 Å². The Morgan fingerprint density at radius 2 is 2.00 bits per heavy atom. The fourth-order valence-corrected chi connectivity index (χ4v) is 2.44. The molecule has 1 atom stereocenters. The Bertz CT molecular complexity index is 839. The van der Waals surface area contributed by atoms with Crippen LogP contribution in [-0.2, 0) is 9.53 Å². The zero-order valence-electron chi connectivity index (χ0n) is 15.1. The maximum Gasteiger partial charge on any atom is 0.344 e. The average Bonchev–Trinajstić information content (AvgIpc) is 2.68. The molecule has 1 aliphatic heterocycles. The molecule has 1 aromatic carbocycles. The third kappa shape index (κ3) is 4.46. The van der Waals surface area contributed by atoms with Gasteiger partial charge in [0.1, 0.15) is 18.8 Å². The molecule has 2 heterocycles. The van der Waals surface area contributed by atoms with E-state index >= 15 is 0 Å². The van der Waals surface area contributed by atoms with E-state index in [0.717, 1.165) is 0 Å². The van der Waals surface area contributed by atoms with E-state index in [1.807, 2.05) is 0 Å². The molecule has 0 spiro atoms. The minimum absolute atomic E-state index is 0.165. The summed E-state index contributed by atoms with van der Waals surface area (Å²) < 4.78 is 21.5. The Kier molecular flexibility index (Phi) is 5.75. The number of ether oxygens (including phenoxy) is 4. The third-order valence-electron chi connectivity index (χ3n) is 3.73. The van der Waals surface area contributed by atoms with Crippen LogP contribution >= 0.6 is 0 Å². The van der Waals surface area contributed by atoms with Gasteiger partial charge >= 0.3 is 5.97 Å². The van der Waals surface area contributed by atoms with E-state index in [0.29, 0.717) is 37.0 Å². The number of amides is 1. The molecule has 0 aliphatic carbocycles. The van der Waals surface area contributed by atoms with Crippen LogP contribution in [0.1, 0.15) is 24.2 Å². The van der Waals surface area contributed by atoms with Crippen molar-refractivity contribution >= 4 is 17.6 Å². The van der Waals surface area contributed by atoms with Crippen molar-refractivity contribution in [1.82, 2.24) is 4.98 Å². The summed E-state index contributed by atoms with van der Waals surface area (Å²) in [5.41, 5.74) is 0.682. The van der Waals surface area contributed by atoms with Gasteiger partial charge in [-0.2, -0.15) is 0 Å². The van der Waals surface area contributed by atoms with Crippen molar-refractivity contribution in [3.05, 3.63) is 42.1 Å². The lowest BCUT2D eigenvalue weighted by atomic mass is 10.2. The van der Waals surface area contributed by atoms with E-state index in [1.165, 1.54) is 19.2 Å². The first-order valence-electron chi connectivity index (χ1n) is 8.57. The predicted molar refractivity (Wildman–Crippen MR) is 96.3 cm³/mol. The minimum Gasteiger partial charge on any atom is -0.486 e. The number of esters is 1. The fraction of sp³-hybridized carbons (Fsp3) is 0.316. The van der Waals surface area contributed by atoms with Gasteiger partial charge in [0.2, 0.25) is 5.88 Å². The van der Waals surface area contributed by atoms with Crippen molar-refractivity contribution in [3.8, 4) is 17.4 Å². The maximum absolute atomic E-state index is 12.4. The van der Waals surface area contributed by atoms with Gasteiger partial charge in [0.25, 0.3) is 5.91 Å². The molecule has 1 N–H and O–H groups in total. The van der Waals surface area contributed by atoms with Gasteiger partial charge in [-0.3, -0.25) is 4.79 Å². The molecule has 2 aromatic rings. The molecule has 0 fully saturated rings. The second kappa shape index (κ2) is 8.39. The summed E-state index contributed by atoms with van der Waals surface area (Å²) in [7, 11) is 0. The van der Waals surface area contributed by atoms with E-state index in [1.54, 1.807) is 31.2 Å². The number of hydrogen-bond donors (Lipinski definition) is 1. The van der Waals surface area contributed by atoms with Gasteiger partial charge in [0, 0.05) is 18.0 Å². The number of benzene rings is 1. The highest BCUT2D eigenvalue weighted by Gasteiger charge is 2.22. The van der Waals surface area contributed by atoms with Crippen LogP contribution in [0.15, 0.2) is 36.5 Å². The summed E-state index contributed by atoms with van der Waals surface area (Å²) in [6, 6.07) is 8.19. The number of fused-ring (bicyclic) bond motifs is 1. The smallest absolute Gasteiger partial charge is 0.344 e. The number of nitrogens with one attached hydrogen (secondary N) is 1. The van der Waals surface area contributed by atoms with Crippen molar-refractivity contribution in [2.24, 2.45) is 0 Å². The molecule has 0 radical (unpaired) electrons. The Morgan fingerprint density at radius 1 is 1.22 bits per heavy atom. The monoisotopic (exact) mass is 372 g/mol. The molecular formula is C19H20N2O6. The SMILES string of the molecule is CCOc1ncccc1C(=O)O[C@H](C)C(=O)Nc1ccc2c(c1)OCCO2. The number of rotatable bonds is 6. The normalized spacial score (nSPS) is 13.4. The Hall–Kier alpha value is -3.29. The van der Waals surface area contributed by atoms with Crippen LogP contribution in [0.25, 0.3) is 0 Å². The van der Waals surface area contributed by atoms with Crippen LogP contribution in [0.3, 0.4) is 0 Å². The van der Waals surface area contributed by atoms with Gasteiger partial charge in [0.05, 0.1) is 6.61 Å². The zero-order valence-corrected chi connectivity index (χ0v) is 15.1. The van der Waals surface area contributed by atoms with Crippen molar-refractivity contribution in [3.63, 3.8) is 0 Å². The molecule has 1 aliphatic rings. The van der Waals surface area contributed by atoms with Gasteiger partial charge in [-0.1, -0.05) is 0 Å². The van der Waals surface area contributed by atoms with Gasteiger partial charge in [-0.15, -0.1) is 0 Å². The number of carbonyl (C=O) groups excluding carboxylic acids is 2. The average molecular weight is 372 g/mol. The first kappa shape index (κ1) is 18.5. The summed E-state index contributed by atoms with van der Waals surface area (Å²) in [6.07, 6.45) is 0.500. The summed E-state index contributed by atoms with van der Waals surface area (Å²) in [4.78, 5) is 28.7. The highest BCUT2D eigenvalue weighted by atomic mass is 16.6. The zero-order chi connectivity index (χ0) is 19.2. The number of nitrogens with zero attached hydrogens (tertiary/aromatic N) is 1. The van der Waals surface area contributed by atoms with Gasteiger partial charge < -0.3 is 24.3 Å². The number of aromatic nitrogens is 1. The van der Waals surface area contributed by atoms with E-state index in [9.17, 15) is 9.59 Å². The number of pyridine rings is 1. The highest BCUT2D eigenvalue weighted by Crippen LogP contribution is 2.32. The van der Waals surface area contributed by atoms with Crippen molar-refractivity contribution in [2.45, 2.75) is 20.0 Å². The first-order chi connectivity index (χ1) is 13.1. The number of anilines is 1. The van der Waals surface area contributed by atoms with E-state index in [2.05, 4.69) is 10.3 Å². The van der Waals surface area contributed by atoms with Gasteiger partial charge in [-0.05, 0) is 38.1 Å². The van der Waals surface area contributed by atoms with E-state index < -0.39 is 18.0 Å². The molecule has 27 heavy (non-hydrogen) atoms. The largest absolute Gasteiger partial charge is 0.486 e. The molecule has 1 amide bonds. The molecule has 1 aromatic heterocycles. The minimum atomic E-state index is -1.01. The molecule has 0 saturated heterocycles. The van der Waals surface area contributed by atoms with Crippen LogP contribution in [0, 0.1) is 0 Å². The van der Waals surface area contributed by atoms with Gasteiger partial charge in [-0.25, -0.2) is 9.78 Å². The lowest BCUT2D eigenvalue weighted by Crippen LogP contribution is -2.30. The number of hydrogen-bond acceptors (Lipinski definition) is 7. The molecule has 0 bridgehead atoms. The van der Waals surface area contributed by atoms with E-state index in [-0.39, 0.29) is 11.4 Å². The Balaban J connectivity index is 1.63. The van der Waals surface area contributed by atoms with Crippen LogP contribution in [0.5, 0.6) is 17.4 Å². The Morgan fingerprint density at radius 3 is 2.78 bits per heavy atom. The van der Waals surface area contributed by atoms with Crippen LogP contribution in [-0.4, -0.2) is 42.8 Å². The van der Waals surface area contributed by atoms with Crippen molar-refractivity contribution in [1.29, 1.82) is 0 Å². The van der Waals surface area contributed by atoms with Crippen molar-refractivity contribution in [2.75, 3.05) is 25.1 Å². The lowest BCUT2D eigenvalue weighted by molar-refractivity contribution is -0.123. The summed E-state index contributed by atoms with van der Waals surface area (Å²) >= 11 is 0. The van der Waals surface area contributed by atoms with Crippen LogP contribution in [0.2, 0.25) is 0 Å². The van der Waals surface area contributed by atoms with Crippen molar-refractivity contribution < 1.29 is 28.5 Å². The molecule has 0 saturated carbocycles. The molecule has 142 valence electrons. The Labute approximate surface area is 156 Å². The van der Waals surface area contributed by atoms with Gasteiger partial charge in [0.15, 0.2) is 17.6 Å². The highest BCUT2D eigenvalue weighted by molar-refractivity contribution is 5.98. The topological polar surface area (TPSA) is 96.0 Å². The maximum atomic E-state index is 12.4. The lowest BCUT2D eigenvalue weighted by Gasteiger charge is -2.19.